The molecule has 0 saturated heterocycles. The Labute approximate surface area is 116 Å². The van der Waals surface area contributed by atoms with Gasteiger partial charge in [-0.3, -0.25) is 9.78 Å². The molecule has 0 fully saturated rings. The molecule has 3 N–H and O–H groups in total. The smallest absolute Gasteiger partial charge is 0.315 e. The van der Waals surface area contributed by atoms with E-state index >= 15 is 0 Å². The number of thiazole rings is 1. The minimum atomic E-state index is -1.07. The summed E-state index contributed by atoms with van der Waals surface area (Å²) in [4.78, 5) is 27.8. The van der Waals surface area contributed by atoms with E-state index < -0.39 is 23.0 Å². The molecule has 6 nitrogen and oxygen atoms in total. The maximum absolute atomic E-state index is 11.8. The fourth-order valence-electron chi connectivity index (χ4n) is 1.25. The summed E-state index contributed by atoms with van der Waals surface area (Å²) in [6, 6.07) is -0.396. The Hall–Kier alpha value is -1.63. The van der Waals surface area contributed by atoms with Crippen LogP contribution in [0.25, 0.3) is 0 Å². The van der Waals surface area contributed by atoms with Crippen LogP contribution < -0.4 is 10.6 Å². The fourth-order valence-corrected chi connectivity index (χ4v) is 1.78. The molecule has 0 bridgehead atoms. The van der Waals surface area contributed by atoms with Crippen LogP contribution in [-0.4, -0.2) is 27.6 Å². The van der Waals surface area contributed by atoms with Gasteiger partial charge in [0.2, 0.25) is 0 Å². The first-order valence-corrected chi connectivity index (χ1v) is 6.71. The number of rotatable bonds is 5. The average Bonchev–Trinajstić information content (AvgIpc) is 2.78. The summed E-state index contributed by atoms with van der Waals surface area (Å²) in [5.74, 6) is -0.958. The van der Waals surface area contributed by atoms with Gasteiger partial charge in [0.1, 0.15) is 0 Å². The second-order valence-corrected chi connectivity index (χ2v) is 6.30. The number of hydrogen-bond acceptors (Lipinski definition) is 4. The number of carbonyl (C=O) groups excluding carboxylic acids is 1. The van der Waals surface area contributed by atoms with E-state index in [9.17, 15) is 14.7 Å². The van der Waals surface area contributed by atoms with Gasteiger partial charge >= 0.3 is 12.0 Å². The highest BCUT2D eigenvalue weighted by Crippen LogP contribution is 2.30. The standard InChI is InChI=1S/C12H19N3O3S/c1-11(2,9(16)17)12(3,4)15-10(18)14-6-8-5-13-7-19-8/h5,7H,6H2,1-4H3,(H,16,17)(H2,14,15,18). The van der Waals surface area contributed by atoms with E-state index in [4.69, 9.17) is 0 Å². The molecule has 0 atom stereocenters. The maximum Gasteiger partial charge on any atom is 0.315 e. The average molecular weight is 285 g/mol. The molecule has 0 unspecified atom stereocenters. The molecule has 106 valence electrons. The molecular weight excluding hydrogens is 266 g/mol. The fraction of sp³-hybridized carbons (Fsp3) is 0.583. The van der Waals surface area contributed by atoms with Gasteiger partial charge in [0.25, 0.3) is 0 Å². The summed E-state index contributed by atoms with van der Waals surface area (Å²) in [6.07, 6.45) is 1.68. The Morgan fingerprint density at radius 1 is 1.37 bits per heavy atom. The molecule has 1 heterocycles. The van der Waals surface area contributed by atoms with Gasteiger partial charge in [-0.15, -0.1) is 11.3 Å². The molecule has 0 aliphatic heterocycles. The predicted octanol–water partition coefficient (Wildman–Crippen LogP) is 1.83. The molecule has 1 rings (SSSR count). The van der Waals surface area contributed by atoms with Gasteiger partial charge in [-0.25, -0.2) is 4.79 Å². The summed E-state index contributed by atoms with van der Waals surface area (Å²) in [5.41, 5.74) is -0.266. The lowest BCUT2D eigenvalue weighted by molar-refractivity contribution is -0.150. The quantitative estimate of drug-likeness (QED) is 0.769. The highest BCUT2D eigenvalue weighted by molar-refractivity contribution is 7.09. The van der Waals surface area contributed by atoms with Crippen LogP contribution in [0, 0.1) is 5.41 Å². The van der Waals surface area contributed by atoms with Crippen molar-refractivity contribution in [2.45, 2.75) is 39.8 Å². The zero-order chi connectivity index (χ0) is 14.7. The summed E-state index contributed by atoms with van der Waals surface area (Å²) in [6.45, 7) is 6.92. The molecule has 0 spiro atoms. The highest BCUT2D eigenvalue weighted by atomic mass is 32.1. The van der Waals surface area contributed by atoms with Crippen molar-refractivity contribution < 1.29 is 14.7 Å². The van der Waals surface area contributed by atoms with Crippen LogP contribution in [0.3, 0.4) is 0 Å². The van der Waals surface area contributed by atoms with Gasteiger partial charge in [0.05, 0.1) is 23.0 Å². The molecule has 1 aromatic heterocycles. The number of nitrogens with zero attached hydrogens (tertiary/aromatic N) is 1. The topological polar surface area (TPSA) is 91.3 Å². The lowest BCUT2D eigenvalue weighted by Crippen LogP contribution is -2.58. The van der Waals surface area contributed by atoms with Crippen LogP contribution >= 0.6 is 11.3 Å². The van der Waals surface area contributed by atoms with Crippen molar-refractivity contribution in [3.8, 4) is 0 Å². The van der Waals surface area contributed by atoms with Gasteiger partial charge < -0.3 is 15.7 Å². The minimum Gasteiger partial charge on any atom is -0.481 e. The molecular formula is C12H19N3O3S. The van der Waals surface area contributed by atoms with Crippen LogP contribution in [0.2, 0.25) is 0 Å². The number of amides is 2. The first-order chi connectivity index (χ1) is 8.67. The number of carboxylic acids is 1. The summed E-state index contributed by atoms with van der Waals surface area (Å²) in [7, 11) is 0. The molecule has 1 aromatic rings. The van der Waals surface area contributed by atoms with Crippen molar-refractivity contribution in [3.05, 3.63) is 16.6 Å². The second-order valence-electron chi connectivity index (χ2n) is 5.33. The second kappa shape index (κ2) is 5.56. The SMILES string of the molecule is CC(C)(NC(=O)NCc1cncs1)C(C)(C)C(=O)O. The molecule has 0 aliphatic rings. The Morgan fingerprint density at radius 3 is 2.47 bits per heavy atom. The van der Waals surface area contributed by atoms with E-state index in [1.807, 2.05) is 0 Å². The van der Waals surface area contributed by atoms with Gasteiger partial charge in [0, 0.05) is 11.1 Å². The zero-order valence-corrected chi connectivity index (χ0v) is 12.3. The molecule has 19 heavy (non-hydrogen) atoms. The maximum atomic E-state index is 11.8. The third-order valence-corrected chi connectivity index (χ3v) is 4.21. The van der Waals surface area contributed by atoms with E-state index in [2.05, 4.69) is 15.6 Å². The molecule has 0 radical (unpaired) electrons. The number of aromatic nitrogens is 1. The Kier molecular flexibility index (Phi) is 4.52. The summed E-state index contributed by atoms with van der Waals surface area (Å²) >= 11 is 1.45. The Balaban J connectivity index is 2.58. The van der Waals surface area contributed by atoms with E-state index in [1.54, 1.807) is 39.4 Å². The third kappa shape index (κ3) is 3.66. The molecule has 7 heteroatoms. The van der Waals surface area contributed by atoms with Gasteiger partial charge in [-0.05, 0) is 27.7 Å². The lowest BCUT2D eigenvalue weighted by Gasteiger charge is -2.38. The van der Waals surface area contributed by atoms with Crippen LogP contribution in [0.15, 0.2) is 11.7 Å². The van der Waals surface area contributed by atoms with Crippen molar-refractivity contribution in [2.75, 3.05) is 0 Å². The first kappa shape index (κ1) is 15.4. The van der Waals surface area contributed by atoms with Gasteiger partial charge in [-0.1, -0.05) is 0 Å². The van der Waals surface area contributed by atoms with Crippen molar-refractivity contribution in [3.63, 3.8) is 0 Å². The zero-order valence-electron chi connectivity index (χ0n) is 11.5. The number of nitrogens with one attached hydrogen (secondary N) is 2. The molecule has 0 saturated carbocycles. The first-order valence-electron chi connectivity index (χ1n) is 5.83. The highest BCUT2D eigenvalue weighted by Gasteiger charge is 2.44. The van der Waals surface area contributed by atoms with Crippen LogP contribution in [-0.2, 0) is 11.3 Å². The monoisotopic (exact) mass is 285 g/mol. The van der Waals surface area contributed by atoms with E-state index in [-0.39, 0.29) is 0 Å². The molecule has 0 aliphatic carbocycles. The molecule has 0 aromatic carbocycles. The normalized spacial score (nSPS) is 12.0. The number of carboxylic acid groups (broad SMARTS) is 1. The number of carbonyl (C=O) groups is 2. The van der Waals surface area contributed by atoms with Crippen LogP contribution in [0.1, 0.15) is 32.6 Å². The van der Waals surface area contributed by atoms with Crippen LogP contribution in [0.4, 0.5) is 4.79 Å². The van der Waals surface area contributed by atoms with Gasteiger partial charge in [0.15, 0.2) is 0 Å². The van der Waals surface area contributed by atoms with E-state index in [1.165, 1.54) is 11.3 Å². The number of aliphatic carboxylic acids is 1. The van der Waals surface area contributed by atoms with E-state index in [0.717, 1.165) is 4.88 Å². The summed E-state index contributed by atoms with van der Waals surface area (Å²) < 4.78 is 0. The van der Waals surface area contributed by atoms with Crippen molar-refractivity contribution in [1.82, 2.24) is 15.6 Å². The molecule has 2 amide bonds. The minimum absolute atomic E-state index is 0.375. The number of urea groups is 1. The Morgan fingerprint density at radius 2 is 2.00 bits per heavy atom. The lowest BCUT2D eigenvalue weighted by atomic mass is 9.74. The third-order valence-electron chi connectivity index (χ3n) is 3.43. The van der Waals surface area contributed by atoms with Crippen molar-refractivity contribution in [1.29, 1.82) is 0 Å². The largest absolute Gasteiger partial charge is 0.481 e. The van der Waals surface area contributed by atoms with Crippen molar-refractivity contribution >= 4 is 23.3 Å². The van der Waals surface area contributed by atoms with E-state index in [0.29, 0.717) is 6.54 Å². The number of hydrogen-bond donors (Lipinski definition) is 3. The van der Waals surface area contributed by atoms with Crippen molar-refractivity contribution in [2.24, 2.45) is 5.41 Å². The van der Waals surface area contributed by atoms with Crippen LogP contribution in [0.5, 0.6) is 0 Å². The Bertz CT molecular complexity index is 455. The predicted molar refractivity (Wildman–Crippen MR) is 73.0 cm³/mol. The van der Waals surface area contributed by atoms with Gasteiger partial charge in [-0.2, -0.15) is 0 Å². The summed E-state index contributed by atoms with van der Waals surface area (Å²) in [5, 5.41) is 14.6.